The number of benzene rings is 1. The molecule has 0 saturated carbocycles. The number of aliphatic hydroxyl groups is 1. The van der Waals surface area contributed by atoms with Gasteiger partial charge in [-0.3, -0.25) is 14.6 Å². The maximum atomic E-state index is 11.8. The maximum absolute atomic E-state index is 11.8. The van der Waals surface area contributed by atoms with Crippen LogP contribution in [0, 0.1) is 0 Å². The van der Waals surface area contributed by atoms with Gasteiger partial charge in [-0.05, 0) is 17.7 Å². The highest BCUT2D eigenvalue weighted by molar-refractivity contribution is 9.10. The Morgan fingerprint density at radius 1 is 1.25 bits per heavy atom. The molecular formula is C14H20BrN3O2. The number of halogens is 1. The molecule has 1 amide bonds. The van der Waals surface area contributed by atoms with Crippen molar-refractivity contribution in [2.45, 2.75) is 6.04 Å². The molecule has 2 rings (SSSR count). The van der Waals surface area contributed by atoms with Gasteiger partial charge in [0.25, 0.3) is 0 Å². The summed E-state index contributed by atoms with van der Waals surface area (Å²) in [5.41, 5.74) is 6.51. The molecule has 1 atom stereocenters. The molecular weight excluding hydrogens is 322 g/mol. The monoisotopic (exact) mass is 341 g/mol. The van der Waals surface area contributed by atoms with Crippen molar-refractivity contribution in [1.29, 1.82) is 0 Å². The summed E-state index contributed by atoms with van der Waals surface area (Å²) in [6.07, 6.45) is 0. The van der Waals surface area contributed by atoms with Gasteiger partial charge < -0.3 is 10.8 Å². The summed E-state index contributed by atoms with van der Waals surface area (Å²) in [6, 6.07) is 7.33. The number of hydrogen-bond donors (Lipinski definition) is 2. The summed E-state index contributed by atoms with van der Waals surface area (Å²) in [7, 11) is 0. The van der Waals surface area contributed by atoms with Gasteiger partial charge in [-0.2, -0.15) is 0 Å². The molecule has 20 heavy (non-hydrogen) atoms. The summed E-state index contributed by atoms with van der Waals surface area (Å²) in [5, 5.41) is 8.95. The molecule has 0 spiro atoms. The SMILES string of the molecule is NC(=O)C(c1ccc(Br)cc1)N1CCN(CCO)CC1. The summed E-state index contributed by atoms with van der Waals surface area (Å²) in [6.45, 7) is 4.12. The van der Waals surface area contributed by atoms with Gasteiger partial charge in [0.05, 0.1) is 6.61 Å². The fourth-order valence-corrected chi connectivity index (χ4v) is 2.85. The molecule has 1 unspecified atom stereocenters. The number of hydrogen-bond acceptors (Lipinski definition) is 4. The van der Waals surface area contributed by atoms with Gasteiger partial charge in [0.2, 0.25) is 5.91 Å². The predicted octanol–water partition coefficient (Wildman–Crippen LogP) is 0.585. The molecule has 1 aliphatic rings. The van der Waals surface area contributed by atoms with Crippen molar-refractivity contribution in [3.8, 4) is 0 Å². The van der Waals surface area contributed by atoms with Crippen molar-refractivity contribution in [1.82, 2.24) is 9.80 Å². The first-order chi connectivity index (χ1) is 9.61. The van der Waals surface area contributed by atoms with Crippen LogP contribution in [0.4, 0.5) is 0 Å². The van der Waals surface area contributed by atoms with Gasteiger partial charge >= 0.3 is 0 Å². The van der Waals surface area contributed by atoms with E-state index in [1.807, 2.05) is 24.3 Å². The zero-order valence-corrected chi connectivity index (χ0v) is 12.9. The minimum Gasteiger partial charge on any atom is -0.395 e. The normalized spacial score (nSPS) is 18.9. The van der Waals surface area contributed by atoms with Gasteiger partial charge in [-0.1, -0.05) is 28.1 Å². The van der Waals surface area contributed by atoms with Crippen molar-refractivity contribution in [3.63, 3.8) is 0 Å². The Labute approximate surface area is 127 Å². The van der Waals surface area contributed by atoms with E-state index < -0.39 is 0 Å². The summed E-state index contributed by atoms with van der Waals surface area (Å²) < 4.78 is 0.984. The van der Waals surface area contributed by atoms with Gasteiger partial charge in [0.15, 0.2) is 0 Å². The second-order valence-electron chi connectivity index (χ2n) is 4.96. The number of nitrogens with zero attached hydrogens (tertiary/aromatic N) is 2. The van der Waals surface area contributed by atoms with Gasteiger partial charge in [0, 0.05) is 37.2 Å². The molecule has 0 radical (unpaired) electrons. The van der Waals surface area contributed by atoms with Gasteiger partial charge in [-0.25, -0.2) is 0 Å². The molecule has 0 aromatic heterocycles. The standard InChI is InChI=1S/C14H20BrN3O2/c15-12-3-1-11(2-4-12)13(14(16)20)18-7-5-17(6-8-18)9-10-19/h1-4,13,19H,5-10H2,(H2,16,20). The van der Waals surface area contributed by atoms with E-state index in [0.29, 0.717) is 6.54 Å². The zero-order chi connectivity index (χ0) is 14.5. The van der Waals surface area contributed by atoms with Crippen LogP contribution in [0.5, 0.6) is 0 Å². The molecule has 0 bridgehead atoms. The number of primary amides is 1. The molecule has 1 aromatic carbocycles. The lowest BCUT2D eigenvalue weighted by atomic mass is 10.0. The Kier molecular flexibility index (Phi) is 5.54. The first-order valence-corrected chi connectivity index (χ1v) is 7.53. The Morgan fingerprint density at radius 2 is 1.85 bits per heavy atom. The quantitative estimate of drug-likeness (QED) is 0.822. The van der Waals surface area contributed by atoms with E-state index in [1.165, 1.54) is 0 Å². The highest BCUT2D eigenvalue weighted by Crippen LogP contribution is 2.23. The van der Waals surface area contributed by atoms with Crippen LogP contribution in [0.15, 0.2) is 28.7 Å². The highest BCUT2D eigenvalue weighted by Gasteiger charge is 2.28. The molecule has 5 nitrogen and oxygen atoms in total. The first kappa shape index (κ1) is 15.4. The van der Waals surface area contributed by atoms with Crippen LogP contribution in [-0.4, -0.2) is 60.1 Å². The highest BCUT2D eigenvalue weighted by atomic mass is 79.9. The third-order valence-corrected chi connectivity index (χ3v) is 4.17. The lowest BCUT2D eigenvalue weighted by Gasteiger charge is -2.38. The fourth-order valence-electron chi connectivity index (χ4n) is 2.59. The van der Waals surface area contributed by atoms with E-state index in [1.54, 1.807) is 0 Å². The molecule has 1 fully saturated rings. The van der Waals surface area contributed by atoms with Crippen molar-refractivity contribution in [2.75, 3.05) is 39.3 Å². The van der Waals surface area contributed by atoms with Crippen molar-refractivity contribution < 1.29 is 9.90 Å². The Hall–Kier alpha value is -0.950. The lowest BCUT2D eigenvalue weighted by Crippen LogP contribution is -2.50. The average molecular weight is 342 g/mol. The molecule has 110 valence electrons. The van der Waals surface area contributed by atoms with E-state index in [2.05, 4.69) is 25.7 Å². The second kappa shape index (κ2) is 7.17. The van der Waals surface area contributed by atoms with Crippen molar-refractivity contribution in [2.24, 2.45) is 5.73 Å². The Bertz CT molecular complexity index is 444. The molecule has 0 aliphatic carbocycles. The first-order valence-electron chi connectivity index (χ1n) is 6.74. The zero-order valence-electron chi connectivity index (χ0n) is 11.3. The van der Waals surface area contributed by atoms with E-state index in [0.717, 1.165) is 36.2 Å². The smallest absolute Gasteiger partial charge is 0.239 e. The summed E-state index contributed by atoms with van der Waals surface area (Å²) in [5.74, 6) is -0.317. The lowest BCUT2D eigenvalue weighted by molar-refractivity contribution is -0.124. The van der Waals surface area contributed by atoms with Gasteiger partial charge in [-0.15, -0.1) is 0 Å². The Balaban J connectivity index is 2.07. The number of carbonyl (C=O) groups excluding carboxylic acids is 1. The van der Waals surface area contributed by atoms with Crippen molar-refractivity contribution in [3.05, 3.63) is 34.3 Å². The maximum Gasteiger partial charge on any atom is 0.239 e. The molecule has 1 heterocycles. The Morgan fingerprint density at radius 3 is 2.35 bits per heavy atom. The number of aliphatic hydroxyl groups excluding tert-OH is 1. The topological polar surface area (TPSA) is 69.8 Å². The fraction of sp³-hybridized carbons (Fsp3) is 0.500. The van der Waals surface area contributed by atoms with E-state index in [-0.39, 0.29) is 18.6 Å². The molecule has 1 aromatic rings. The van der Waals surface area contributed by atoms with Crippen LogP contribution >= 0.6 is 15.9 Å². The van der Waals surface area contributed by atoms with Crippen LogP contribution in [0.2, 0.25) is 0 Å². The number of rotatable bonds is 5. The molecule has 1 saturated heterocycles. The van der Waals surface area contributed by atoms with E-state index in [4.69, 9.17) is 10.8 Å². The van der Waals surface area contributed by atoms with Crippen LogP contribution in [0.1, 0.15) is 11.6 Å². The third kappa shape index (κ3) is 3.79. The summed E-state index contributed by atoms with van der Waals surface area (Å²) >= 11 is 3.39. The van der Waals surface area contributed by atoms with Crippen LogP contribution in [-0.2, 0) is 4.79 Å². The van der Waals surface area contributed by atoms with Crippen LogP contribution in [0.25, 0.3) is 0 Å². The molecule has 6 heteroatoms. The number of nitrogens with two attached hydrogens (primary N) is 1. The van der Waals surface area contributed by atoms with Crippen molar-refractivity contribution >= 4 is 21.8 Å². The van der Waals surface area contributed by atoms with E-state index in [9.17, 15) is 4.79 Å². The van der Waals surface area contributed by atoms with Crippen LogP contribution < -0.4 is 5.73 Å². The van der Waals surface area contributed by atoms with E-state index >= 15 is 0 Å². The van der Waals surface area contributed by atoms with Crippen LogP contribution in [0.3, 0.4) is 0 Å². The number of piperazine rings is 1. The molecule has 1 aliphatic heterocycles. The largest absolute Gasteiger partial charge is 0.395 e. The number of carbonyl (C=O) groups is 1. The number of amides is 1. The van der Waals surface area contributed by atoms with Gasteiger partial charge in [0.1, 0.15) is 6.04 Å². The summed E-state index contributed by atoms with van der Waals surface area (Å²) in [4.78, 5) is 16.1. The average Bonchev–Trinajstić information content (AvgIpc) is 2.43. The second-order valence-corrected chi connectivity index (χ2v) is 5.87. The minimum absolute atomic E-state index is 0.173. The predicted molar refractivity (Wildman–Crippen MR) is 81.2 cm³/mol. The third-order valence-electron chi connectivity index (χ3n) is 3.64. The molecule has 3 N–H and O–H groups in total. The number of β-amino-alcohol motifs (C(OH)–C–C–N with tert-alkyl or cyclic N) is 1. The minimum atomic E-state index is -0.376.